The monoisotopic (exact) mass is 477 g/mol. The second-order valence-electron chi connectivity index (χ2n) is 6.98. The number of aromatic nitrogens is 1. The predicted molar refractivity (Wildman–Crippen MR) is 123 cm³/mol. The second kappa shape index (κ2) is 9.95. The summed E-state index contributed by atoms with van der Waals surface area (Å²) in [4.78, 5) is 18.0. The van der Waals surface area contributed by atoms with Gasteiger partial charge in [0.15, 0.2) is 5.78 Å². The minimum atomic E-state index is -2.92. The van der Waals surface area contributed by atoms with Crippen LogP contribution in [0, 0.1) is 0 Å². The number of carbonyl (C=O) groups is 1. The Bertz CT molecular complexity index is 1100. The number of fused-ring (bicyclic) bond motifs is 1. The largest absolute Gasteiger partial charge is 0.435 e. The predicted octanol–water partition coefficient (Wildman–Crippen LogP) is 4.13. The van der Waals surface area contributed by atoms with Crippen LogP contribution < -0.4 is 15.8 Å². The van der Waals surface area contributed by atoms with Gasteiger partial charge in [-0.1, -0.05) is 23.9 Å². The van der Waals surface area contributed by atoms with Crippen LogP contribution in [0.5, 0.6) is 5.75 Å². The highest BCUT2D eigenvalue weighted by Gasteiger charge is 2.40. The fourth-order valence-electron chi connectivity index (χ4n) is 3.38. The highest BCUT2D eigenvalue weighted by molar-refractivity contribution is 8.05. The Morgan fingerprint density at radius 3 is 2.66 bits per heavy atom. The van der Waals surface area contributed by atoms with Crippen molar-refractivity contribution in [2.24, 2.45) is 5.73 Å². The molecule has 168 valence electrons. The lowest BCUT2D eigenvalue weighted by molar-refractivity contribution is -0.0498. The molecule has 1 aromatic heterocycles. The van der Waals surface area contributed by atoms with Crippen LogP contribution in [0.2, 0.25) is 0 Å². The normalized spacial score (nSPS) is 18.5. The number of rotatable bonds is 9. The third kappa shape index (κ3) is 4.78. The summed E-state index contributed by atoms with van der Waals surface area (Å²) in [5.74, 6) is -0.191. The lowest BCUT2D eigenvalue weighted by Crippen LogP contribution is -2.36. The van der Waals surface area contributed by atoms with Gasteiger partial charge in [0.25, 0.3) is 0 Å². The molecule has 0 aliphatic carbocycles. The van der Waals surface area contributed by atoms with Gasteiger partial charge in [0.05, 0.1) is 33.1 Å². The van der Waals surface area contributed by atoms with E-state index in [1.807, 2.05) is 24.3 Å². The molecule has 3 aromatic rings. The fourth-order valence-corrected chi connectivity index (χ4v) is 5.83. The van der Waals surface area contributed by atoms with E-state index in [9.17, 15) is 13.6 Å². The molecule has 0 amide bonds. The molecule has 0 fully saturated rings. The van der Waals surface area contributed by atoms with Gasteiger partial charge in [0, 0.05) is 24.8 Å². The van der Waals surface area contributed by atoms with Crippen LogP contribution in [0.15, 0.2) is 53.6 Å². The summed E-state index contributed by atoms with van der Waals surface area (Å²) in [6.07, 6.45) is 0. The maximum absolute atomic E-state index is 13.2. The van der Waals surface area contributed by atoms with Crippen LogP contribution >= 0.6 is 23.1 Å². The van der Waals surface area contributed by atoms with Gasteiger partial charge < -0.3 is 20.5 Å². The number of nitrogens with one attached hydrogen (secondary N) is 1. The molecule has 0 radical (unpaired) electrons. The summed E-state index contributed by atoms with van der Waals surface area (Å²) >= 11 is 2.88. The van der Waals surface area contributed by atoms with Crippen LogP contribution in [-0.2, 0) is 4.74 Å². The van der Waals surface area contributed by atoms with Crippen LogP contribution in [0.25, 0.3) is 15.8 Å². The van der Waals surface area contributed by atoms with Gasteiger partial charge in [0.2, 0.25) is 0 Å². The number of ether oxygens (including phenoxy) is 2. The number of Topliss-reactive ketones (excluding diaryl/α,β-unsaturated/α-hetero) is 1. The van der Waals surface area contributed by atoms with Gasteiger partial charge in [0.1, 0.15) is 10.8 Å². The minimum absolute atomic E-state index is 0.00451. The highest BCUT2D eigenvalue weighted by atomic mass is 32.2. The lowest BCUT2D eigenvalue weighted by Gasteiger charge is -2.15. The first-order chi connectivity index (χ1) is 15.5. The number of thioether (sulfide) groups is 1. The molecule has 0 saturated carbocycles. The van der Waals surface area contributed by atoms with Crippen LogP contribution in [0.3, 0.4) is 0 Å². The maximum atomic E-state index is 13.2. The molecule has 0 spiro atoms. The number of ketones is 1. The number of hydrogen-bond acceptors (Lipinski definition) is 8. The molecule has 4 rings (SSSR count). The number of nitrogens with two attached hydrogens (primary N) is 1. The number of thiazole rings is 1. The van der Waals surface area contributed by atoms with Gasteiger partial charge in [-0.05, 0) is 36.4 Å². The SMILES string of the molecule is COCCNC1=C(c2nc3ccccc3s2)[C@H](N)[C@@H](C(=O)c2ccc(OC(F)F)cc2)S1. The van der Waals surface area contributed by atoms with Gasteiger partial charge in [-0.3, -0.25) is 4.79 Å². The zero-order valence-electron chi connectivity index (χ0n) is 17.1. The Balaban J connectivity index is 1.61. The van der Waals surface area contributed by atoms with Gasteiger partial charge >= 0.3 is 6.61 Å². The van der Waals surface area contributed by atoms with E-state index in [0.717, 1.165) is 25.8 Å². The zero-order valence-corrected chi connectivity index (χ0v) is 18.7. The minimum Gasteiger partial charge on any atom is -0.435 e. The Labute approximate surface area is 191 Å². The van der Waals surface area contributed by atoms with Crippen LogP contribution in [0.1, 0.15) is 15.4 Å². The smallest absolute Gasteiger partial charge is 0.387 e. The molecule has 0 saturated heterocycles. The Kier molecular flexibility index (Phi) is 7.04. The molecular formula is C22H21F2N3O3S2. The number of hydrogen-bond donors (Lipinski definition) is 2. The number of carbonyl (C=O) groups excluding carboxylic acids is 1. The van der Waals surface area contributed by atoms with E-state index >= 15 is 0 Å². The van der Waals surface area contributed by atoms with E-state index in [0.29, 0.717) is 18.7 Å². The molecule has 6 nitrogen and oxygen atoms in total. The van der Waals surface area contributed by atoms with E-state index in [1.165, 1.54) is 47.4 Å². The second-order valence-corrected chi connectivity index (χ2v) is 9.16. The first kappa shape index (κ1) is 22.7. The third-order valence-electron chi connectivity index (χ3n) is 4.89. The molecule has 0 unspecified atom stereocenters. The Morgan fingerprint density at radius 1 is 1.22 bits per heavy atom. The molecular weight excluding hydrogens is 456 g/mol. The summed E-state index contributed by atoms with van der Waals surface area (Å²) in [5.41, 5.74) is 8.62. The number of benzene rings is 2. The van der Waals surface area contributed by atoms with Crippen molar-refractivity contribution in [3.8, 4) is 5.75 Å². The summed E-state index contributed by atoms with van der Waals surface area (Å²) in [7, 11) is 1.62. The van der Waals surface area contributed by atoms with Crippen molar-refractivity contribution >= 4 is 44.7 Å². The van der Waals surface area contributed by atoms with E-state index in [1.54, 1.807) is 7.11 Å². The molecule has 10 heteroatoms. The number of para-hydroxylation sites is 1. The molecule has 32 heavy (non-hydrogen) atoms. The molecule has 3 N–H and O–H groups in total. The standard InChI is InChI=1S/C22H21F2N3O3S2/c1-29-11-10-26-20-16(21-27-14-4-2-3-5-15(14)31-21)17(25)19(32-20)18(28)12-6-8-13(9-7-12)30-22(23)24/h2-9,17,19,22,26H,10-11,25H2,1H3/t17-,19-/m0/s1. The van der Waals surface area contributed by atoms with E-state index < -0.39 is 17.9 Å². The van der Waals surface area contributed by atoms with Crippen molar-refractivity contribution in [2.45, 2.75) is 17.9 Å². The Hall–Kier alpha value is -2.53. The van der Waals surface area contributed by atoms with E-state index in [-0.39, 0.29) is 11.5 Å². The average molecular weight is 478 g/mol. The number of nitrogens with zero attached hydrogens (tertiary/aromatic N) is 1. The Morgan fingerprint density at radius 2 is 1.97 bits per heavy atom. The quantitative estimate of drug-likeness (QED) is 0.354. The van der Waals surface area contributed by atoms with Gasteiger partial charge in [-0.15, -0.1) is 11.3 Å². The third-order valence-corrected chi connectivity index (χ3v) is 7.32. The topological polar surface area (TPSA) is 86.5 Å². The maximum Gasteiger partial charge on any atom is 0.387 e. The van der Waals surface area contributed by atoms with Crippen molar-refractivity contribution < 1.29 is 23.0 Å². The van der Waals surface area contributed by atoms with Crippen molar-refractivity contribution in [3.63, 3.8) is 0 Å². The first-order valence-corrected chi connectivity index (χ1v) is 11.5. The molecule has 2 heterocycles. The molecule has 0 bridgehead atoms. The number of methoxy groups -OCH3 is 1. The summed E-state index contributed by atoms with van der Waals surface area (Å²) in [6.45, 7) is -1.87. The average Bonchev–Trinajstić information content (AvgIpc) is 3.34. The zero-order chi connectivity index (χ0) is 22.7. The van der Waals surface area contributed by atoms with Crippen molar-refractivity contribution in [1.29, 1.82) is 0 Å². The van der Waals surface area contributed by atoms with Crippen molar-refractivity contribution in [3.05, 3.63) is 64.1 Å². The molecule has 2 aromatic carbocycles. The van der Waals surface area contributed by atoms with Gasteiger partial charge in [-0.25, -0.2) is 4.98 Å². The summed E-state index contributed by atoms with van der Waals surface area (Å²) in [6, 6.07) is 12.9. The summed E-state index contributed by atoms with van der Waals surface area (Å²) < 4.78 is 35.3. The lowest BCUT2D eigenvalue weighted by atomic mass is 9.99. The molecule has 1 aliphatic heterocycles. The highest BCUT2D eigenvalue weighted by Crippen LogP contribution is 2.44. The van der Waals surface area contributed by atoms with Crippen LogP contribution in [0.4, 0.5) is 8.78 Å². The van der Waals surface area contributed by atoms with Crippen molar-refractivity contribution in [2.75, 3.05) is 20.3 Å². The number of alkyl halides is 2. The van der Waals surface area contributed by atoms with E-state index in [4.69, 9.17) is 15.5 Å². The van der Waals surface area contributed by atoms with Gasteiger partial charge in [-0.2, -0.15) is 8.78 Å². The summed E-state index contributed by atoms with van der Waals surface area (Å²) in [5, 5.41) is 4.30. The van der Waals surface area contributed by atoms with E-state index in [2.05, 4.69) is 10.1 Å². The fraction of sp³-hybridized carbons (Fsp3) is 0.273. The van der Waals surface area contributed by atoms with Crippen molar-refractivity contribution in [1.82, 2.24) is 10.3 Å². The molecule has 2 atom stereocenters. The van der Waals surface area contributed by atoms with Crippen LogP contribution in [-0.4, -0.2) is 48.9 Å². The molecule has 1 aliphatic rings. The number of halogens is 2. The first-order valence-electron chi connectivity index (χ1n) is 9.82.